The van der Waals surface area contributed by atoms with E-state index in [0.29, 0.717) is 6.54 Å². The van der Waals surface area contributed by atoms with Gasteiger partial charge in [-0.2, -0.15) is 0 Å². The minimum Gasteiger partial charge on any atom is -0.371 e. The maximum Gasteiger partial charge on any atom is 0.256 e. The zero-order chi connectivity index (χ0) is 21.2. The number of nitrogens with one attached hydrogen (secondary N) is 2. The van der Waals surface area contributed by atoms with E-state index in [4.69, 9.17) is 0 Å². The average Bonchev–Trinajstić information content (AvgIpc) is 3.53. The Hall–Kier alpha value is -2.86. The van der Waals surface area contributed by atoms with Crippen molar-refractivity contribution in [3.63, 3.8) is 0 Å². The Morgan fingerprint density at radius 1 is 0.968 bits per heavy atom. The van der Waals surface area contributed by atoms with Crippen molar-refractivity contribution in [1.29, 1.82) is 0 Å². The first-order valence-electron chi connectivity index (χ1n) is 11.5. The fourth-order valence-electron chi connectivity index (χ4n) is 4.67. The predicted octanol–water partition coefficient (Wildman–Crippen LogP) is 3.42. The normalized spacial score (nSPS) is 21.2. The van der Waals surface area contributed by atoms with Crippen LogP contribution in [0.1, 0.15) is 47.6 Å². The molecule has 162 valence electrons. The summed E-state index contributed by atoms with van der Waals surface area (Å²) in [4.78, 5) is 30.4. The molecule has 5 rings (SSSR count). The third-order valence-corrected chi connectivity index (χ3v) is 6.58. The van der Waals surface area contributed by atoms with Crippen LogP contribution in [-0.4, -0.2) is 49.4 Å². The third-order valence-electron chi connectivity index (χ3n) is 6.58. The molecule has 6 heteroatoms. The quantitative estimate of drug-likeness (QED) is 0.781. The van der Waals surface area contributed by atoms with E-state index in [-0.39, 0.29) is 23.8 Å². The molecule has 3 aliphatic rings. The first-order valence-corrected chi connectivity index (χ1v) is 11.5. The average molecular weight is 419 g/mol. The summed E-state index contributed by atoms with van der Waals surface area (Å²) in [6.45, 7) is 4.12. The van der Waals surface area contributed by atoms with Gasteiger partial charge in [-0.15, -0.1) is 0 Å². The highest BCUT2D eigenvalue weighted by molar-refractivity contribution is 6.02. The molecule has 1 unspecified atom stereocenters. The summed E-state index contributed by atoms with van der Waals surface area (Å²) in [5.74, 6) is 0.319. The molecule has 0 spiro atoms. The van der Waals surface area contributed by atoms with Crippen molar-refractivity contribution in [2.75, 3.05) is 42.9 Å². The van der Waals surface area contributed by atoms with Crippen LogP contribution in [0, 0.1) is 5.92 Å². The number of nitrogens with zero attached hydrogens (tertiary/aromatic N) is 2. The summed E-state index contributed by atoms with van der Waals surface area (Å²) in [5, 5.41) is 6.48. The van der Waals surface area contributed by atoms with E-state index < -0.39 is 0 Å². The molecule has 2 aliphatic heterocycles. The van der Waals surface area contributed by atoms with Crippen molar-refractivity contribution in [1.82, 2.24) is 10.2 Å². The topological polar surface area (TPSA) is 64.7 Å². The number of amides is 2. The molecule has 2 aromatic carbocycles. The van der Waals surface area contributed by atoms with Gasteiger partial charge in [-0.05, 0) is 49.4 Å². The number of anilines is 2. The molecule has 2 aromatic rings. The number of carbonyl (C=O) groups is 2. The lowest BCUT2D eigenvalue weighted by molar-refractivity contribution is -0.117. The molecule has 2 saturated heterocycles. The van der Waals surface area contributed by atoms with E-state index in [9.17, 15) is 9.59 Å². The van der Waals surface area contributed by atoms with Gasteiger partial charge in [0, 0.05) is 44.3 Å². The van der Waals surface area contributed by atoms with Crippen LogP contribution >= 0.6 is 0 Å². The van der Waals surface area contributed by atoms with Crippen LogP contribution in [0.15, 0.2) is 48.5 Å². The highest BCUT2D eigenvalue weighted by Gasteiger charge is 2.32. The second-order valence-corrected chi connectivity index (χ2v) is 8.82. The summed E-state index contributed by atoms with van der Waals surface area (Å²) in [6.07, 6.45) is 4.22. The Balaban J connectivity index is 1.45. The summed E-state index contributed by atoms with van der Waals surface area (Å²) in [6, 6.07) is 16.0. The fourth-order valence-corrected chi connectivity index (χ4v) is 4.67. The van der Waals surface area contributed by atoms with E-state index in [1.165, 1.54) is 0 Å². The first-order chi connectivity index (χ1) is 15.2. The van der Waals surface area contributed by atoms with E-state index >= 15 is 0 Å². The van der Waals surface area contributed by atoms with E-state index in [0.717, 1.165) is 74.4 Å². The van der Waals surface area contributed by atoms with Gasteiger partial charge in [0.2, 0.25) is 5.91 Å². The summed E-state index contributed by atoms with van der Waals surface area (Å²) in [5.41, 5.74) is 3.62. The van der Waals surface area contributed by atoms with Gasteiger partial charge in [-0.1, -0.05) is 30.3 Å². The van der Waals surface area contributed by atoms with E-state index in [1.54, 1.807) is 0 Å². The Bertz CT molecular complexity index is 951. The molecule has 1 saturated carbocycles. The number of hydrogen-bond donors (Lipinski definition) is 2. The Kier molecular flexibility index (Phi) is 5.64. The van der Waals surface area contributed by atoms with Gasteiger partial charge in [-0.25, -0.2) is 0 Å². The number of hydrogen-bond acceptors (Lipinski definition) is 4. The van der Waals surface area contributed by atoms with Crippen molar-refractivity contribution in [2.45, 2.75) is 31.7 Å². The number of piperazine rings is 1. The van der Waals surface area contributed by atoms with Crippen LogP contribution in [0.4, 0.5) is 11.4 Å². The zero-order valence-corrected chi connectivity index (χ0v) is 17.8. The zero-order valence-electron chi connectivity index (χ0n) is 17.8. The monoisotopic (exact) mass is 418 g/mol. The minimum absolute atomic E-state index is 0.0168. The van der Waals surface area contributed by atoms with Crippen LogP contribution in [0.3, 0.4) is 0 Å². The molecule has 6 nitrogen and oxygen atoms in total. The lowest BCUT2D eigenvalue weighted by Crippen LogP contribution is -2.49. The maximum atomic E-state index is 13.8. The van der Waals surface area contributed by atoms with Crippen LogP contribution in [0.5, 0.6) is 0 Å². The lowest BCUT2D eigenvalue weighted by atomic mass is 10.0. The van der Waals surface area contributed by atoms with Gasteiger partial charge in [0.15, 0.2) is 0 Å². The van der Waals surface area contributed by atoms with Gasteiger partial charge in [0.05, 0.1) is 17.3 Å². The van der Waals surface area contributed by atoms with Crippen molar-refractivity contribution in [3.8, 4) is 0 Å². The smallest absolute Gasteiger partial charge is 0.256 e. The minimum atomic E-state index is 0.0168. The molecule has 2 amide bonds. The van der Waals surface area contributed by atoms with Crippen molar-refractivity contribution in [3.05, 3.63) is 59.7 Å². The van der Waals surface area contributed by atoms with Crippen LogP contribution < -0.4 is 15.5 Å². The summed E-state index contributed by atoms with van der Waals surface area (Å²) in [7, 11) is 0. The molecular formula is C25H30N4O2. The van der Waals surface area contributed by atoms with E-state index in [2.05, 4.69) is 27.7 Å². The molecule has 0 bridgehead atoms. The van der Waals surface area contributed by atoms with Crippen LogP contribution in [-0.2, 0) is 4.79 Å². The molecule has 2 N–H and O–H groups in total. The van der Waals surface area contributed by atoms with Gasteiger partial charge >= 0.3 is 0 Å². The highest BCUT2D eigenvalue weighted by Crippen LogP contribution is 2.34. The van der Waals surface area contributed by atoms with Crippen LogP contribution in [0.2, 0.25) is 0 Å². The molecule has 31 heavy (non-hydrogen) atoms. The standard InChI is InChI=1S/C25H30N4O2/c30-24(19-8-9-19)27-20-10-11-21(22(16-20)28-13-4-5-14-28)25(31)29-15-12-26-17-23(29)18-6-2-1-3-7-18/h1-3,6-7,10-11,16,19,23,26H,4-5,8-9,12-15,17H2,(H,27,30). The molecule has 2 heterocycles. The Labute approximate surface area is 183 Å². The van der Waals surface area contributed by atoms with Gasteiger partial charge in [-0.3, -0.25) is 9.59 Å². The highest BCUT2D eigenvalue weighted by atomic mass is 16.2. The Morgan fingerprint density at radius 3 is 2.48 bits per heavy atom. The SMILES string of the molecule is O=C(Nc1ccc(C(=O)N2CCNCC2c2ccccc2)c(N2CCCC2)c1)C1CC1. The number of carbonyl (C=O) groups excluding carboxylic acids is 2. The van der Waals surface area contributed by atoms with Gasteiger partial charge in [0.1, 0.15) is 0 Å². The molecular weight excluding hydrogens is 388 g/mol. The lowest BCUT2D eigenvalue weighted by Gasteiger charge is -2.37. The fraction of sp³-hybridized carbons (Fsp3) is 0.440. The predicted molar refractivity (Wildman–Crippen MR) is 122 cm³/mol. The van der Waals surface area contributed by atoms with Gasteiger partial charge in [0.25, 0.3) is 5.91 Å². The van der Waals surface area contributed by atoms with Crippen LogP contribution in [0.25, 0.3) is 0 Å². The largest absolute Gasteiger partial charge is 0.371 e. The summed E-state index contributed by atoms with van der Waals surface area (Å²) < 4.78 is 0. The first kappa shape index (κ1) is 20.1. The molecule has 1 aliphatic carbocycles. The summed E-state index contributed by atoms with van der Waals surface area (Å²) >= 11 is 0. The van der Waals surface area contributed by atoms with E-state index in [1.807, 2.05) is 41.3 Å². The molecule has 3 fully saturated rings. The molecule has 1 atom stereocenters. The molecule has 0 radical (unpaired) electrons. The maximum absolute atomic E-state index is 13.8. The second-order valence-electron chi connectivity index (χ2n) is 8.82. The number of rotatable bonds is 5. The third kappa shape index (κ3) is 4.30. The van der Waals surface area contributed by atoms with Gasteiger partial charge < -0.3 is 20.4 Å². The Morgan fingerprint density at radius 2 is 1.74 bits per heavy atom. The second kappa shape index (κ2) is 8.71. The van der Waals surface area contributed by atoms with Crippen molar-refractivity contribution < 1.29 is 9.59 Å². The van der Waals surface area contributed by atoms with Crippen molar-refractivity contribution >= 4 is 23.2 Å². The molecule has 0 aromatic heterocycles. The number of benzene rings is 2. The van der Waals surface area contributed by atoms with Crippen molar-refractivity contribution in [2.24, 2.45) is 5.92 Å².